The highest BCUT2D eigenvalue weighted by Crippen LogP contribution is 2.44. The van der Waals surface area contributed by atoms with Gasteiger partial charge >= 0.3 is 12.1 Å². The molecule has 0 heterocycles. The molecule has 3 N–H and O–H groups in total. The highest BCUT2D eigenvalue weighted by molar-refractivity contribution is 5.82. The Bertz CT molecular complexity index is 866. The van der Waals surface area contributed by atoms with E-state index in [1.54, 1.807) is 6.92 Å². The molecule has 1 aliphatic rings. The van der Waals surface area contributed by atoms with Gasteiger partial charge in [0.25, 0.3) is 0 Å². The summed E-state index contributed by atoms with van der Waals surface area (Å²) in [5.74, 6) is -1.87. The van der Waals surface area contributed by atoms with Crippen LogP contribution in [0, 0.1) is 5.92 Å². The second-order valence-electron chi connectivity index (χ2n) is 7.05. The number of fused-ring (bicyclic) bond motifs is 3. The molecule has 0 saturated heterocycles. The van der Waals surface area contributed by atoms with E-state index in [0.29, 0.717) is 6.42 Å². The lowest BCUT2D eigenvalue weighted by Crippen LogP contribution is -2.35. The summed E-state index contributed by atoms with van der Waals surface area (Å²) in [6.45, 7) is 1.76. The number of aliphatic carboxylic acids is 1. The van der Waals surface area contributed by atoms with Gasteiger partial charge in [-0.05, 0) is 28.7 Å². The summed E-state index contributed by atoms with van der Waals surface area (Å²) >= 11 is 0. The molecule has 0 spiro atoms. The minimum absolute atomic E-state index is 0.00568. The molecular weight excluding hydrogens is 372 g/mol. The first-order chi connectivity index (χ1) is 14.0. The van der Waals surface area contributed by atoms with Crippen molar-refractivity contribution in [1.29, 1.82) is 0 Å². The minimum atomic E-state index is -1.10. The number of benzene rings is 2. The molecule has 7 heteroatoms. The van der Waals surface area contributed by atoms with E-state index in [1.165, 1.54) is 11.1 Å². The van der Waals surface area contributed by atoms with E-state index in [9.17, 15) is 14.4 Å². The van der Waals surface area contributed by atoms with Crippen molar-refractivity contribution in [3.8, 4) is 11.1 Å². The molecule has 1 aliphatic carbocycles. The second-order valence-corrected chi connectivity index (χ2v) is 7.05. The van der Waals surface area contributed by atoms with E-state index in [2.05, 4.69) is 34.9 Å². The SMILES string of the molecule is CC(CCNC(=O)OCC1c2ccccc2-c2ccccc21)C(=O)NCC(=O)O. The molecule has 1 unspecified atom stereocenters. The number of carbonyl (C=O) groups is 3. The van der Waals surface area contributed by atoms with Crippen LogP contribution in [0.5, 0.6) is 0 Å². The van der Waals surface area contributed by atoms with E-state index in [4.69, 9.17) is 9.84 Å². The Balaban J connectivity index is 1.48. The molecule has 7 nitrogen and oxygen atoms in total. The molecule has 3 rings (SSSR count). The third-order valence-corrected chi connectivity index (χ3v) is 5.05. The zero-order valence-corrected chi connectivity index (χ0v) is 16.2. The van der Waals surface area contributed by atoms with Crippen LogP contribution in [0.4, 0.5) is 4.79 Å². The topological polar surface area (TPSA) is 105 Å². The van der Waals surface area contributed by atoms with Crippen LogP contribution >= 0.6 is 0 Å². The Kier molecular flexibility index (Phi) is 6.49. The van der Waals surface area contributed by atoms with Crippen molar-refractivity contribution in [3.05, 3.63) is 59.7 Å². The van der Waals surface area contributed by atoms with Gasteiger partial charge in [-0.15, -0.1) is 0 Å². The smallest absolute Gasteiger partial charge is 0.407 e. The number of carboxylic acids is 1. The van der Waals surface area contributed by atoms with E-state index in [0.717, 1.165) is 11.1 Å². The van der Waals surface area contributed by atoms with Gasteiger partial charge in [0.05, 0.1) is 0 Å². The van der Waals surface area contributed by atoms with Crippen molar-refractivity contribution in [2.75, 3.05) is 19.7 Å². The number of ether oxygens (including phenoxy) is 1. The van der Waals surface area contributed by atoms with E-state index in [1.807, 2.05) is 24.3 Å². The van der Waals surface area contributed by atoms with E-state index < -0.39 is 24.5 Å². The number of alkyl carbamates (subject to hydrolysis) is 1. The number of nitrogens with one attached hydrogen (secondary N) is 2. The molecule has 2 amide bonds. The second kappa shape index (κ2) is 9.23. The summed E-state index contributed by atoms with van der Waals surface area (Å²) in [4.78, 5) is 34.3. The van der Waals surface area contributed by atoms with Crippen molar-refractivity contribution in [2.45, 2.75) is 19.3 Å². The maximum atomic E-state index is 12.1. The first-order valence-corrected chi connectivity index (χ1v) is 9.55. The van der Waals surface area contributed by atoms with Crippen molar-refractivity contribution in [2.24, 2.45) is 5.92 Å². The molecule has 29 heavy (non-hydrogen) atoms. The monoisotopic (exact) mass is 396 g/mol. The van der Waals surface area contributed by atoms with Crippen LogP contribution in [0.1, 0.15) is 30.4 Å². The summed E-state index contributed by atoms with van der Waals surface area (Å²) in [7, 11) is 0. The van der Waals surface area contributed by atoms with Crippen LogP contribution in [-0.2, 0) is 14.3 Å². The van der Waals surface area contributed by atoms with Crippen LogP contribution in [0.15, 0.2) is 48.5 Å². The Morgan fingerprint density at radius 2 is 1.59 bits per heavy atom. The van der Waals surface area contributed by atoms with Gasteiger partial charge in [-0.3, -0.25) is 9.59 Å². The third kappa shape index (κ3) is 4.93. The molecule has 1 atom stereocenters. The minimum Gasteiger partial charge on any atom is -0.480 e. The highest BCUT2D eigenvalue weighted by Gasteiger charge is 2.29. The average molecular weight is 396 g/mol. The summed E-state index contributed by atoms with van der Waals surface area (Å²) in [6.07, 6.45) is -0.152. The summed E-state index contributed by atoms with van der Waals surface area (Å²) in [5.41, 5.74) is 4.62. The van der Waals surface area contributed by atoms with Crippen LogP contribution in [0.2, 0.25) is 0 Å². The van der Waals surface area contributed by atoms with Gasteiger partial charge in [0.2, 0.25) is 5.91 Å². The number of hydrogen-bond donors (Lipinski definition) is 3. The Morgan fingerprint density at radius 1 is 1.00 bits per heavy atom. The Labute approximate surface area is 169 Å². The third-order valence-electron chi connectivity index (χ3n) is 5.05. The number of hydrogen-bond acceptors (Lipinski definition) is 4. The quantitative estimate of drug-likeness (QED) is 0.636. The molecule has 0 aromatic heterocycles. The number of carboxylic acid groups (broad SMARTS) is 1. The van der Waals surface area contributed by atoms with Gasteiger partial charge in [-0.2, -0.15) is 0 Å². The predicted octanol–water partition coefficient (Wildman–Crippen LogP) is 2.75. The molecule has 0 aliphatic heterocycles. The van der Waals surface area contributed by atoms with Gasteiger partial charge in [-0.1, -0.05) is 55.5 Å². The molecular formula is C22H24N2O5. The van der Waals surface area contributed by atoms with Crippen molar-refractivity contribution < 1.29 is 24.2 Å². The summed E-state index contributed by atoms with van der Waals surface area (Å²) in [6, 6.07) is 16.2. The first-order valence-electron chi connectivity index (χ1n) is 9.55. The Morgan fingerprint density at radius 3 is 2.17 bits per heavy atom. The highest BCUT2D eigenvalue weighted by atomic mass is 16.5. The van der Waals surface area contributed by atoms with E-state index in [-0.39, 0.29) is 25.0 Å². The zero-order valence-electron chi connectivity index (χ0n) is 16.2. The van der Waals surface area contributed by atoms with Crippen LogP contribution in [0.25, 0.3) is 11.1 Å². The lowest BCUT2D eigenvalue weighted by atomic mass is 9.98. The maximum Gasteiger partial charge on any atom is 0.407 e. The average Bonchev–Trinajstić information content (AvgIpc) is 3.04. The molecule has 152 valence electrons. The normalized spacial score (nSPS) is 13.1. The number of carbonyl (C=O) groups excluding carboxylic acids is 2. The molecule has 0 saturated carbocycles. The van der Waals surface area contributed by atoms with Crippen LogP contribution < -0.4 is 10.6 Å². The van der Waals surface area contributed by atoms with Gasteiger partial charge in [0.15, 0.2) is 0 Å². The van der Waals surface area contributed by atoms with Crippen LogP contribution in [-0.4, -0.2) is 42.8 Å². The summed E-state index contributed by atoms with van der Waals surface area (Å²) < 4.78 is 5.43. The van der Waals surface area contributed by atoms with E-state index >= 15 is 0 Å². The lowest BCUT2D eigenvalue weighted by molar-refractivity contribution is -0.138. The molecule has 2 aromatic rings. The van der Waals surface area contributed by atoms with Gasteiger partial charge < -0.3 is 20.5 Å². The van der Waals surface area contributed by atoms with Gasteiger partial charge in [-0.25, -0.2) is 4.79 Å². The van der Waals surface area contributed by atoms with Crippen molar-refractivity contribution >= 4 is 18.0 Å². The fourth-order valence-electron chi connectivity index (χ4n) is 3.51. The molecule has 2 aromatic carbocycles. The fourth-order valence-corrected chi connectivity index (χ4v) is 3.51. The zero-order chi connectivity index (χ0) is 20.8. The number of amides is 2. The van der Waals surface area contributed by atoms with Gasteiger partial charge in [0.1, 0.15) is 13.2 Å². The lowest BCUT2D eigenvalue weighted by Gasteiger charge is -2.15. The standard InChI is InChI=1S/C22H24N2O5/c1-14(21(27)24-12-20(25)26)10-11-23-22(28)29-13-19-17-8-4-2-6-15(17)16-7-3-5-9-18(16)19/h2-9,14,19H,10-13H2,1H3,(H,23,28)(H,24,27)(H,25,26). The molecule has 0 fully saturated rings. The maximum absolute atomic E-state index is 12.1. The van der Waals surface area contributed by atoms with Gasteiger partial charge in [0, 0.05) is 18.4 Å². The largest absolute Gasteiger partial charge is 0.480 e. The Hall–Kier alpha value is -3.35. The summed E-state index contributed by atoms with van der Waals surface area (Å²) in [5, 5.41) is 13.5. The fraction of sp³-hybridized carbons (Fsp3) is 0.318. The molecule has 0 bridgehead atoms. The van der Waals surface area contributed by atoms with Crippen molar-refractivity contribution in [1.82, 2.24) is 10.6 Å². The first kappa shape index (κ1) is 20.4. The van der Waals surface area contributed by atoms with Crippen molar-refractivity contribution in [3.63, 3.8) is 0 Å². The molecule has 0 radical (unpaired) electrons. The predicted molar refractivity (Wildman–Crippen MR) is 107 cm³/mol. The van der Waals surface area contributed by atoms with Crippen LogP contribution in [0.3, 0.4) is 0 Å². The number of rotatable bonds is 8.